The number of nitrogens with one attached hydrogen (secondary N) is 3. The molecule has 0 radical (unpaired) electrons. The van der Waals surface area contributed by atoms with Crippen molar-refractivity contribution in [3.8, 4) is 0 Å². The molecular weight excluding hydrogens is 629 g/mol. The van der Waals surface area contributed by atoms with Crippen LogP contribution in [-0.4, -0.2) is 62.1 Å². The second-order valence-corrected chi connectivity index (χ2v) is 13.3. The molecule has 4 rings (SSSR count). The second-order valence-electron chi connectivity index (χ2n) is 10.5. The molecule has 0 fully saturated rings. The van der Waals surface area contributed by atoms with Crippen LogP contribution in [0.4, 0.5) is 5.69 Å². The van der Waals surface area contributed by atoms with E-state index in [1.165, 1.54) is 11.3 Å². The molecule has 1 heterocycles. The standard InChI is InChI=1S/C31H36N8O5S2/c32-22-11-6-10-21(16-22)17-25(28(41)30-38-23-12-4-5-14-26(23)45-30)37-27(40)18-36-29(42)24(13-7-15-35-31(33)34)39-46(43,44)19-20-8-2-1-3-9-20/h1-6,8-12,14,16,24-25,39H,7,13,15,17-19,32H2,(H,36,42)(H,37,40)(H4,33,34,35)/t24-,25+/m1/s1. The molecule has 15 heteroatoms. The first-order valence-electron chi connectivity index (χ1n) is 14.4. The fourth-order valence-corrected chi connectivity index (χ4v) is 6.96. The van der Waals surface area contributed by atoms with Crippen molar-refractivity contribution < 1.29 is 22.8 Å². The number of benzene rings is 3. The Bertz CT molecular complexity index is 1770. The van der Waals surface area contributed by atoms with Crippen LogP contribution in [0.1, 0.15) is 33.8 Å². The van der Waals surface area contributed by atoms with Gasteiger partial charge in [-0.3, -0.25) is 19.4 Å². The van der Waals surface area contributed by atoms with E-state index in [0.29, 0.717) is 16.8 Å². The maximum atomic E-state index is 13.6. The Morgan fingerprint density at radius 1 is 0.913 bits per heavy atom. The van der Waals surface area contributed by atoms with Crippen molar-refractivity contribution in [2.75, 3.05) is 18.8 Å². The van der Waals surface area contributed by atoms with Crippen LogP contribution >= 0.6 is 11.3 Å². The molecule has 0 spiro atoms. The summed E-state index contributed by atoms with van der Waals surface area (Å²) in [4.78, 5) is 48.2. The number of aliphatic imine (C=N–C) groups is 1. The number of fused-ring (bicyclic) bond motifs is 1. The summed E-state index contributed by atoms with van der Waals surface area (Å²) < 4.78 is 29.1. The third kappa shape index (κ3) is 10.4. The zero-order chi connectivity index (χ0) is 33.1. The molecule has 2 amide bonds. The fraction of sp³-hybridized carbons (Fsp3) is 0.258. The molecule has 0 unspecified atom stereocenters. The molecule has 9 N–H and O–H groups in total. The van der Waals surface area contributed by atoms with Crippen molar-refractivity contribution >= 4 is 60.8 Å². The van der Waals surface area contributed by atoms with Crippen molar-refractivity contribution in [3.63, 3.8) is 0 Å². The molecule has 0 aliphatic heterocycles. The van der Waals surface area contributed by atoms with Crippen LogP contribution in [0.5, 0.6) is 0 Å². The number of nitrogens with zero attached hydrogens (tertiary/aromatic N) is 2. The van der Waals surface area contributed by atoms with Crippen LogP contribution in [0, 0.1) is 0 Å². The van der Waals surface area contributed by atoms with Gasteiger partial charge in [0.1, 0.15) is 6.04 Å². The highest BCUT2D eigenvalue weighted by Gasteiger charge is 2.28. The van der Waals surface area contributed by atoms with Crippen LogP contribution in [0.2, 0.25) is 0 Å². The summed E-state index contributed by atoms with van der Waals surface area (Å²) in [6, 6.07) is 20.6. The Balaban J connectivity index is 1.45. The number of carbonyl (C=O) groups excluding carboxylic acids is 3. The van der Waals surface area contributed by atoms with Crippen molar-refractivity contribution in [1.82, 2.24) is 20.3 Å². The summed E-state index contributed by atoms with van der Waals surface area (Å²) in [6.07, 6.45) is 0.480. The zero-order valence-electron chi connectivity index (χ0n) is 24.9. The Kier molecular flexibility index (Phi) is 11.8. The number of carbonyl (C=O) groups is 3. The van der Waals surface area contributed by atoms with Crippen LogP contribution < -0.4 is 32.6 Å². The van der Waals surface area contributed by atoms with E-state index in [4.69, 9.17) is 17.2 Å². The average Bonchev–Trinajstić information content (AvgIpc) is 3.45. The normalized spacial score (nSPS) is 12.6. The molecule has 0 aliphatic carbocycles. The maximum absolute atomic E-state index is 13.6. The van der Waals surface area contributed by atoms with Gasteiger partial charge >= 0.3 is 0 Å². The fourth-order valence-electron chi connectivity index (χ4n) is 4.63. The van der Waals surface area contributed by atoms with Gasteiger partial charge in [-0.25, -0.2) is 18.1 Å². The molecular formula is C31H36N8O5S2. The molecule has 0 saturated carbocycles. The van der Waals surface area contributed by atoms with Crippen molar-refractivity contribution in [2.24, 2.45) is 16.5 Å². The van der Waals surface area contributed by atoms with Gasteiger partial charge in [-0.2, -0.15) is 0 Å². The van der Waals surface area contributed by atoms with Gasteiger partial charge in [-0.1, -0.05) is 54.6 Å². The van der Waals surface area contributed by atoms with Crippen LogP contribution in [-0.2, 0) is 31.8 Å². The summed E-state index contributed by atoms with van der Waals surface area (Å²) in [5.41, 5.74) is 19.1. The Morgan fingerprint density at radius 2 is 1.63 bits per heavy atom. The largest absolute Gasteiger partial charge is 0.399 e. The average molecular weight is 665 g/mol. The smallest absolute Gasteiger partial charge is 0.240 e. The highest BCUT2D eigenvalue weighted by molar-refractivity contribution is 7.88. The summed E-state index contributed by atoms with van der Waals surface area (Å²) >= 11 is 1.22. The van der Waals surface area contributed by atoms with Crippen LogP contribution in [0.3, 0.4) is 0 Å². The van der Waals surface area contributed by atoms with Gasteiger partial charge in [-0.05, 0) is 48.2 Å². The number of anilines is 1. The zero-order valence-corrected chi connectivity index (χ0v) is 26.5. The molecule has 0 aliphatic rings. The lowest BCUT2D eigenvalue weighted by molar-refractivity contribution is -0.127. The Hall–Kier alpha value is -4.86. The number of para-hydroxylation sites is 1. The third-order valence-corrected chi connectivity index (χ3v) is 9.16. The van der Waals surface area contributed by atoms with E-state index in [9.17, 15) is 22.8 Å². The summed E-state index contributed by atoms with van der Waals surface area (Å²) in [6.45, 7) is -0.337. The number of ketones is 1. The summed E-state index contributed by atoms with van der Waals surface area (Å²) in [7, 11) is -3.94. The number of Topliss-reactive ketones (excluding diaryl/α,β-unsaturated/α-hetero) is 1. The number of hydrogen-bond acceptors (Lipinski definition) is 9. The molecule has 1 aromatic heterocycles. The summed E-state index contributed by atoms with van der Waals surface area (Å²) in [5, 5.41) is 5.43. The summed E-state index contributed by atoms with van der Waals surface area (Å²) in [5.74, 6) is -2.24. The molecule has 4 aromatic rings. The minimum atomic E-state index is -3.94. The molecule has 13 nitrogen and oxygen atoms in total. The number of sulfonamides is 1. The van der Waals surface area contributed by atoms with Gasteiger partial charge < -0.3 is 27.8 Å². The van der Waals surface area contributed by atoms with Crippen molar-refractivity contribution in [3.05, 3.63) is 95.0 Å². The highest BCUT2D eigenvalue weighted by atomic mass is 32.2. The van der Waals surface area contributed by atoms with E-state index in [-0.39, 0.29) is 42.5 Å². The minimum absolute atomic E-state index is 0.0619. The van der Waals surface area contributed by atoms with E-state index in [1.54, 1.807) is 60.7 Å². The van der Waals surface area contributed by atoms with Crippen LogP contribution in [0.15, 0.2) is 83.9 Å². The number of guanidine groups is 1. The lowest BCUT2D eigenvalue weighted by Crippen LogP contribution is -2.51. The molecule has 46 heavy (non-hydrogen) atoms. The number of aromatic nitrogens is 1. The predicted octanol–water partition coefficient (Wildman–Crippen LogP) is 1.45. The molecule has 0 saturated heterocycles. The SMILES string of the molecule is NC(N)=NCCC[C@@H](NS(=O)(=O)Cc1ccccc1)C(=O)NCC(=O)N[C@@H](Cc1cccc(N)c1)C(=O)c1nc2ccccc2s1. The van der Waals surface area contributed by atoms with Crippen molar-refractivity contribution in [2.45, 2.75) is 37.1 Å². The number of rotatable bonds is 16. The van der Waals surface area contributed by atoms with Gasteiger partial charge in [-0.15, -0.1) is 11.3 Å². The van der Waals surface area contributed by atoms with Crippen LogP contribution in [0.25, 0.3) is 10.2 Å². The molecule has 2 atom stereocenters. The molecule has 3 aromatic carbocycles. The van der Waals surface area contributed by atoms with E-state index in [0.717, 1.165) is 10.3 Å². The lowest BCUT2D eigenvalue weighted by atomic mass is 10.0. The van der Waals surface area contributed by atoms with Gasteiger partial charge in [0.05, 0.1) is 28.6 Å². The van der Waals surface area contributed by atoms with E-state index >= 15 is 0 Å². The van der Waals surface area contributed by atoms with Gasteiger partial charge in [0.2, 0.25) is 27.6 Å². The maximum Gasteiger partial charge on any atom is 0.240 e. The number of amides is 2. The quantitative estimate of drug-likeness (QED) is 0.0335. The Morgan fingerprint density at radius 3 is 2.35 bits per heavy atom. The third-order valence-electron chi connectivity index (χ3n) is 6.75. The number of nitrogens with two attached hydrogens (primary N) is 3. The Labute approximate surface area is 270 Å². The first-order valence-corrected chi connectivity index (χ1v) is 16.9. The molecule has 0 bridgehead atoms. The monoisotopic (exact) mass is 664 g/mol. The number of thiazole rings is 1. The van der Waals surface area contributed by atoms with E-state index in [2.05, 4.69) is 25.3 Å². The topological polar surface area (TPSA) is 225 Å². The molecule has 242 valence electrons. The van der Waals surface area contributed by atoms with Gasteiger partial charge in [0.25, 0.3) is 0 Å². The second kappa shape index (κ2) is 15.9. The van der Waals surface area contributed by atoms with E-state index < -0.39 is 46.2 Å². The lowest BCUT2D eigenvalue weighted by Gasteiger charge is -2.20. The highest BCUT2D eigenvalue weighted by Crippen LogP contribution is 2.23. The number of nitrogen functional groups attached to an aromatic ring is 1. The first kappa shape index (κ1) is 34.0. The van der Waals surface area contributed by atoms with Crippen molar-refractivity contribution in [1.29, 1.82) is 0 Å². The van der Waals surface area contributed by atoms with Gasteiger partial charge in [0.15, 0.2) is 11.0 Å². The van der Waals surface area contributed by atoms with Gasteiger partial charge in [0, 0.05) is 18.7 Å². The minimum Gasteiger partial charge on any atom is -0.399 e. The van der Waals surface area contributed by atoms with E-state index in [1.807, 2.05) is 18.2 Å². The predicted molar refractivity (Wildman–Crippen MR) is 179 cm³/mol. The number of hydrogen-bond donors (Lipinski definition) is 6. The first-order chi connectivity index (χ1) is 22.0.